The molecule has 3 aromatic carbocycles. The van der Waals surface area contributed by atoms with Crippen LogP contribution in [-0.4, -0.2) is 22.6 Å². The van der Waals surface area contributed by atoms with Gasteiger partial charge < -0.3 is 20.9 Å². The standard InChI is InChI=1S/C28H33ClN6O/c1-6-21-23(29)15-24(30)22(7-2)27(21)33-28(36)35(20-11-9-19(31-4)10-12-20)17(3)18-8-13-26-25(14-18)32-16-34(26)5/h8-17,31H,6-7,30H2,1-5H3,(H,33,36). The molecule has 0 spiro atoms. The van der Waals surface area contributed by atoms with Crippen molar-refractivity contribution in [1.29, 1.82) is 0 Å². The first-order valence-electron chi connectivity index (χ1n) is 12.2. The lowest BCUT2D eigenvalue weighted by molar-refractivity contribution is 0.255. The maximum atomic E-state index is 14.0. The van der Waals surface area contributed by atoms with E-state index in [1.165, 1.54) is 0 Å². The van der Waals surface area contributed by atoms with Crippen molar-refractivity contribution in [3.8, 4) is 0 Å². The number of hydrogen-bond donors (Lipinski definition) is 3. The van der Waals surface area contributed by atoms with Crippen molar-refractivity contribution in [2.45, 2.75) is 39.7 Å². The van der Waals surface area contributed by atoms with Crippen LogP contribution in [0.15, 0.2) is 54.9 Å². The van der Waals surface area contributed by atoms with Gasteiger partial charge in [-0.3, -0.25) is 4.90 Å². The van der Waals surface area contributed by atoms with E-state index in [4.69, 9.17) is 17.3 Å². The SMILES string of the molecule is CCc1c(N)cc(Cl)c(CC)c1NC(=O)N(c1ccc(NC)cc1)C(C)c1ccc2c(c1)ncn2C. The topological polar surface area (TPSA) is 88.2 Å². The highest BCUT2D eigenvalue weighted by Crippen LogP contribution is 2.36. The number of benzene rings is 3. The van der Waals surface area contributed by atoms with Gasteiger partial charge in [0.15, 0.2) is 0 Å². The molecule has 1 heterocycles. The number of imidazole rings is 1. The molecular weight excluding hydrogens is 472 g/mol. The molecule has 1 unspecified atom stereocenters. The number of nitrogens with two attached hydrogens (primary N) is 1. The number of hydrogen-bond acceptors (Lipinski definition) is 4. The number of nitrogens with zero attached hydrogens (tertiary/aromatic N) is 3. The third-order valence-electron chi connectivity index (χ3n) is 6.73. The van der Waals surface area contributed by atoms with Crippen molar-refractivity contribution in [1.82, 2.24) is 9.55 Å². The molecule has 1 aromatic heterocycles. The molecule has 0 saturated heterocycles. The summed E-state index contributed by atoms with van der Waals surface area (Å²) < 4.78 is 1.98. The number of rotatable bonds is 7. The second-order valence-corrected chi connectivity index (χ2v) is 9.27. The molecule has 4 N–H and O–H groups in total. The average molecular weight is 505 g/mol. The summed E-state index contributed by atoms with van der Waals surface area (Å²) in [6.45, 7) is 6.06. The van der Waals surface area contributed by atoms with E-state index in [1.54, 1.807) is 17.3 Å². The Bertz CT molecular complexity index is 1370. The van der Waals surface area contributed by atoms with Crippen molar-refractivity contribution in [3.63, 3.8) is 0 Å². The van der Waals surface area contributed by atoms with Crippen LogP contribution < -0.4 is 21.3 Å². The number of carbonyl (C=O) groups is 1. The number of nitrogens with one attached hydrogen (secondary N) is 2. The van der Waals surface area contributed by atoms with Gasteiger partial charge in [-0.05, 0) is 78.9 Å². The van der Waals surface area contributed by atoms with E-state index < -0.39 is 0 Å². The van der Waals surface area contributed by atoms with Crippen LogP contribution in [0.1, 0.15) is 43.5 Å². The molecular formula is C28H33ClN6O. The third kappa shape index (κ3) is 4.71. The summed E-state index contributed by atoms with van der Waals surface area (Å²) in [5.74, 6) is 0. The molecule has 8 heteroatoms. The Morgan fingerprint density at radius 1 is 1.11 bits per heavy atom. The second-order valence-electron chi connectivity index (χ2n) is 8.86. The molecule has 4 aromatic rings. The van der Waals surface area contributed by atoms with Crippen molar-refractivity contribution >= 4 is 51.4 Å². The van der Waals surface area contributed by atoms with Crippen molar-refractivity contribution in [2.75, 3.05) is 28.3 Å². The van der Waals surface area contributed by atoms with Crippen LogP contribution in [0.3, 0.4) is 0 Å². The van der Waals surface area contributed by atoms with Gasteiger partial charge in [-0.1, -0.05) is 31.5 Å². The average Bonchev–Trinajstić information content (AvgIpc) is 3.24. The first-order chi connectivity index (χ1) is 17.3. The smallest absolute Gasteiger partial charge is 0.326 e. The Morgan fingerprint density at radius 3 is 2.44 bits per heavy atom. The third-order valence-corrected chi connectivity index (χ3v) is 7.07. The van der Waals surface area contributed by atoms with Crippen LogP contribution >= 0.6 is 11.6 Å². The fourth-order valence-electron chi connectivity index (χ4n) is 4.67. The van der Waals surface area contributed by atoms with Crippen LogP contribution in [0.2, 0.25) is 5.02 Å². The largest absolute Gasteiger partial charge is 0.398 e. The first-order valence-corrected chi connectivity index (χ1v) is 12.6. The molecule has 4 rings (SSSR count). The molecule has 0 aliphatic carbocycles. The number of halogens is 1. The number of anilines is 4. The molecule has 36 heavy (non-hydrogen) atoms. The predicted molar refractivity (Wildman–Crippen MR) is 151 cm³/mol. The number of amides is 2. The van der Waals surface area contributed by atoms with E-state index in [9.17, 15) is 4.79 Å². The highest BCUT2D eigenvalue weighted by Gasteiger charge is 2.26. The molecule has 0 aliphatic rings. The van der Waals surface area contributed by atoms with Gasteiger partial charge in [-0.15, -0.1) is 0 Å². The summed E-state index contributed by atoms with van der Waals surface area (Å²) in [6.07, 6.45) is 3.14. The number of fused-ring (bicyclic) bond motifs is 1. The van der Waals surface area contributed by atoms with Gasteiger partial charge in [0.2, 0.25) is 0 Å². The fraction of sp³-hybridized carbons (Fsp3) is 0.286. The van der Waals surface area contributed by atoms with Gasteiger partial charge in [-0.2, -0.15) is 0 Å². The van der Waals surface area contributed by atoms with Gasteiger partial charge in [-0.25, -0.2) is 9.78 Å². The highest BCUT2D eigenvalue weighted by molar-refractivity contribution is 6.32. The van der Waals surface area contributed by atoms with Crippen LogP contribution in [0.4, 0.5) is 27.5 Å². The Labute approximate surface area is 217 Å². The lowest BCUT2D eigenvalue weighted by Gasteiger charge is -2.31. The second kappa shape index (κ2) is 10.5. The number of aryl methyl sites for hydroxylation is 1. The molecule has 0 aliphatic heterocycles. The fourth-order valence-corrected chi connectivity index (χ4v) is 5.01. The minimum atomic E-state index is -0.275. The number of aromatic nitrogens is 2. The number of nitrogen functional groups attached to an aromatic ring is 1. The molecule has 0 bridgehead atoms. The highest BCUT2D eigenvalue weighted by atomic mass is 35.5. The van der Waals surface area contributed by atoms with Crippen LogP contribution in [0, 0.1) is 0 Å². The Hall–Kier alpha value is -3.71. The molecule has 0 radical (unpaired) electrons. The minimum absolute atomic E-state index is 0.258. The van der Waals surface area contributed by atoms with Crippen LogP contribution in [-0.2, 0) is 19.9 Å². The summed E-state index contributed by atoms with van der Waals surface area (Å²) in [5, 5.41) is 6.86. The first kappa shape index (κ1) is 25.4. The lowest BCUT2D eigenvalue weighted by Crippen LogP contribution is -2.37. The molecule has 0 fully saturated rings. The monoisotopic (exact) mass is 504 g/mol. The predicted octanol–water partition coefficient (Wildman–Crippen LogP) is 6.78. The van der Waals surface area contributed by atoms with Crippen molar-refractivity contribution in [2.24, 2.45) is 7.05 Å². The maximum Gasteiger partial charge on any atom is 0.326 e. The minimum Gasteiger partial charge on any atom is -0.398 e. The zero-order chi connectivity index (χ0) is 26.0. The Balaban J connectivity index is 1.79. The van der Waals surface area contributed by atoms with Gasteiger partial charge in [0.1, 0.15) is 0 Å². The van der Waals surface area contributed by atoms with Crippen LogP contribution in [0.25, 0.3) is 11.0 Å². The molecule has 1 atom stereocenters. The normalized spacial score (nSPS) is 11.9. The lowest BCUT2D eigenvalue weighted by atomic mass is 10.0. The summed E-state index contributed by atoms with van der Waals surface area (Å²) in [4.78, 5) is 20.3. The summed E-state index contributed by atoms with van der Waals surface area (Å²) in [5.41, 5.74) is 14.0. The van der Waals surface area contributed by atoms with E-state index in [-0.39, 0.29) is 12.1 Å². The van der Waals surface area contributed by atoms with E-state index in [0.717, 1.165) is 39.1 Å². The summed E-state index contributed by atoms with van der Waals surface area (Å²) >= 11 is 6.53. The molecule has 188 valence electrons. The summed E-state index contributed by atoms with van der Waals surface area (Å²) in [6, 6.07) is 15.1. The summed E-state index contributed by atoms with van der Waals surface area (Å²) in [7, 11) is 3.83. The van der Waals surface area contributed by atoms with Gasteiger partial charge in [0.05, 0.1) is 29.1 Å². The number of urea groups is 1. The quantitative estimate of drug-likeness (QED) is 0.242. The van der Waals surface area contributed by atoms with E-state index in [2.05, 4.69) is 15.6 Å². The molecule has 2 amide bonds. The maximum absolute atomic E-state index is 14.0. The van der Waals surface area contributed by atoms with Gasteiger partial charge >= 0.3 is 6.03 Å². The molecule has 0 saturated carbocycles. The van der Waals surface area contributed by atoms with E-state index in [0.29, 0.717) is 29.2 Å². The van der Waals surface area contributed by atoms with Gasteiger partial charge in [0, 0.05) is 36.2 Å². The Morgan fingerprint density at radius 2 is 1.81 bits per heavy atom. The van der Waals surface area contributed by atoms with E-state index in [1.807, 2.05) is 81.9 Å². The van der Waals surface area contributed by atoms with Gasteiger partial charge in [0.25, 0.3) is 0 Å². The van der Waals surface area contributed by atoms with Crippen molar-refractivity contribution < 1.29 is 4.79 Å². The van der Waals surface area contributed by atoms with E-state index >= 15 is 0 Å². The number of carbonyl (C=O) groups excluding carboxylic acids is 1. The Kier molecular flexibility index (Phi) is 7.40. The zero-order valence-electron chi connectivity index (χ0n) is 21.4. The van der Waals surface area contributed by atoms with Crippen LogP contribution in [0.5, 0.6) is 0 Å². The van der Waals surface area contributed by atoms with Crippen molar-refractivity contribution in [3.05, 3.63) is 76.6 Å². The zero-order valence-corrected chi connectivity index (χ0v) is 22.1. The molecule has 7 nitrogen and oxygen atoms in total.